The molecule has 1 aromatic rings. The normalized spacial score (nSPS) is 18.2. The topological polar surface area (TPSA) is 52.5 Å². The highest BCUT2D eigenvalue weighted by Crippen LogP contribution is 2.10. The first-order valence-electron chi connectivity index (χ1n) is 6.23. The van der Waals surface area contributed by atoms with Crippen LogP contribution in [0.3, 0.4) is 0 Å². The van der Waals surface area contributed by atoms with Crippen LogP contribution in [-0.2, 0) is 6.54 Å². The summed E-state index contributed by atoms with van der Waals surface area (Å²) < 4.78 is 0. The molecule has 1 aromatic heterocycles. The summed E-state index contributed by atoms with van der Waals surface area (Å²) in [7, 11) is 0. The Labute approximate surface area is 112 Å². The van der Waals surface area contributed by atoms with E-state index in [1.54, 1.807) is 6.07 Å². The molecule has 0 saturated carbocycles. The number of halogens is 1. The molecule has 1 aliphatic heterocycles. The van der Waals surface area contributed by atoms with Crippen molar-refractivity contribution in [3.63, 3.8) is 0 Å². The molecule has 18 heavy (non-hydrogen) atoms. The zero-order chi connectivity index (χ0) is 13.0. The summed E-state index contributed by atoms with van der Waals surface area (Å²) in [5, 5.41) is 9.40. The second-order valence-corrected chi connectivity index (χ2v) is 4.98. The molecule has 0 radical (unpaired) electrons. The molecule has 0 aliphatic carbocycles. The third kappa shape index (κ3) is 3.88. The Bertz CT molecular complexity index is 373. The van der Waals surface area contributed by atoms with Gasteiger partial charge in [-0.05, 0) is 13.0 Å². The van der Waals surface area contributed by atoms with Crippen LogP contribution in [0.5, 0.6) is 0 Å². The highest BCUT2D eigenvalue weighted by Gasteiger charge is 2.17. The average molecular weight is 271 g/mol. The summed E-state index contributed by atoms with van der Waals surface area (Å²) in [4.78, 5) is 13.2. The van der Waals surface area contributed by atoms with E-state index in [-0.39, 0.29) is 6.61 Å². The number of aromatic nitrogens is 2. The second-order valence-electron chi connectivity index (χ2n) is 4.59. The molecule has 0 atom stereocenters. The molecule has 1 saturated heterocycles. The van der Waals surface area contributed by atoms with Gasteiger partial charge in [-0.25, -0.2) is 9.97 Å². The van der Waals surface area contributed by atoms with Crippen LogP contribution in [0.15, 0.2) is 6.07 Å². The lowest BCUT2D eigenvalue weighted by atomic mass is 10.3. The molecule has 6 heteroatoms. The number of piperazine rings is 1. The quantitative estimate of drug-likeness (QED) is 0.810. The summed E-state index contributed by atoms with van der Waals surface area (Å²) in [6.45, 7) is 7.60. The fraction of sp³-hybridized carbons (Fsp3) is 0.667. The molecular weight excluding hydrogens is 252 g/mol. The van der Waals surface area contributed by atoms with Gasteiger partial charge in [0.1, 0.15) is 11.0 Å². The van der Waals surface area contributed by atoms with E-state index in [0.29, 0.717) is 5.15 Å². The Hall–Kier alpha value is -0.750. The summed E-state index contributed by atoms with van der Waals surface area (Å²) in [6.07, 6.45) is 0. The second kappa shape index (κ2) is 6.43. The van der Waals surface area contributed by atoms with Crippen molar-refractivity contribution in [1.29, 1.82) is 0 Å². The highest BCUT2D eigenvalue weighted by molar-refractivity contribution is 6.29. The van der Waals surface area contributed by atoms with Gasteiger partial charge in [0.2, 0.25) is 0 Å². The lowest BCUT2D eigenvalue weighted by Gasteiger charge is -2.33. The Morgan fingerprint density at radius 2 is 1.89 bits per heavy atom. The molecule has 0 spiro atoms. The van der Waals surface area contributed by atoms with Crippen molar-refractivity contribution in [2.24, 2.45) is 0 Å². The van der Waals surface area contributed by atoms with E-state index in [4.69, 9.17) is 16.7 Å². The van der Waals surface area contributed by atoms with E-state index in [1.807, 2.05) is 6.92 Å². The Morgan fingerprint density at radius 3 is 2.50 bits per heavy atom. The van der Waals surface area contributed by atoms with Gasteiger partial charge in [-0.2, -0.15) is 0 Å². The lowest BCUT2D eigenvalue weighted by Crippen LogP contribution is -2.46. The Kier molecular flexibility index (Phi) is 4.88. The van der Waals surface area contributed by atoms with Crippen molar-refractivity contribution in [3.8, 4) is 0 Å². The van der Waals surface area contributed by atoms with Crippen molar-refractivity contribution < 1.29 is 5.11 Å². The molecule has 2 rings (SSSR count). The first kappa shape index (κ1) is 13.7. The number of hydrogen-bond donors (Lipinski definition) is 1. The van der Waals surface area contributed by atoms with Crippen LogP contribution in [-0.4, -0.2) is 64.2 Å². The first-order chi connectivity index (χ1) is 8.67. The third-order valence-electron chi connectivity index (χ3n) is 3.12. The summed E-state index contributed by atoms with van der Waals surface area (Å²) in [5.74, 6) is 0.788. The van der Waals surface area contributed by atoms with Crippen LogP contribution >= 0.6 is 11.6 Å². The van der Waals surface area contributed by atoms with Crippen LogP contribution < -0.4 is 0 Å². The number of nitrogens with zero attached hydrogens (tertiary/aromatic N) is 4. The van der Waals surface area contributed by atoms with E-state index in [2.05, 4.69) is 19.8 Å². The molecule has 0 bridgehead atoms. The number of rotatable bonds is 4. The average Bonchev–Trinajstić information content (AvgIpc) is 2.31. The number of aryl methyl sites for hydroxylation is 1. The summed E-state index contributed by atoms with van der Waals surface area (Å²) >= 11 is 5.93. The first-order valence-corrected chi connectivity index (χ1v) is 6.61. The zero-order valence-electron chi connectivity index (χ0n) is 10.6. The van der Waals surface area contributed by atoms with Crippen LogP contribution in [0.1, 0.15) is 11.5 Å². The number of hydrogen-bond acceptors (Lipinski definition) is 5. The van der Waals surface area contributed by atoms with Crippen LogP contribution in [0.4, 0.5) is 0 Å². The van der Waals surface area contributed by atoms with Gasteiger partial charge in [-0.15, -0.1) is 0 Å². The molecule has 1 N–H and O–H groups in total. The minimum absolute atomic E-state index is 0.233. The summed E-state index contributed by atoms with van der Waals surface area (Å²) in [6, 6.07) is 1.77. The van der Waals surface area contributed by atoms with Gasteiger partial charge in [0.25, 0.3) is 0 Å². The van der Waals surface area contributed by atoms with E-state index in [9.17, 15) is 0 Å². The number of aliphatic hydroxyl groups excluding tert-OH is 1. The third-order valence-corrected chi connectivity index (χ3v) is 3.31. The molecule has 1 fully saturated rings. The molecule has 5 nitrogen and oxygen atoms in total. The van der Waals surface area contributed by atoms with E-state index < -0.39 is 0 Å². The number of aliphatic hydroxyl groups is 1. The minimum atomic E-state index is 0.233. The molecule has 0 aromatic carbocycles. The van der Waals surface area contributed by atoms with Crippen molar-refractivity contribution in [2.75, 3.05) is 39.3 Å². The molecule has 2 heterocycles. The van der Waals surface area contributed by atoms with Crippen molar-refractivity contribution in [1.82, 2.24) is 19.8 Å². The largest absolute Gasteiger partial charge is 0.395 e. The zero-order valence-corrected chi connectivity index (χ0v) is 11.4. The van der Waals surface area contributed by atoms with Crippen LogP contribution in [0.25, 0.3) is 0 Å². The Balaban J connectivity index is 1.87. The fourth-order valence-electron chi connectivity index (χ4n) is 2.17. The van der Waals surface area contributed by atoms with E-state index >= 15 is 0 Å². The fourth-order valence-corrected chi connectivity index (χ4v) is 2.43. The minimum Gasteiger partial charge on any atom is -0.395 e. The summed E-state index contributed by atoms with van der Waals surface area (Å²) in [5.41, 5.74) is 0.906. The maximum absolute atomic E-state index is 8.89. The predicted molar refractivity (Wildman–Crippen MR) is 70.6 cm³/mol. The van der Waals surface area contributed by atoms with Gasteiger partial charge in [0.15, 0.2) is 0 Å². The molecule has 0 amide bonds. The van der Waals surface area contributed by atoms with Crippen molar-refractivity contribution >= 4 is 11.6 Å². The maximum Gasteiger partial charge on any atom is 0.144 e. The predicted octanol–water partition coefficient (Wildman–Crippen LogP) is 0.548. The van der Waals surface area contributed by atoms with Crippen molar-refractivity contribution in [3.05, 3.63) is 22.7 Å². The molecule has 0 unspecified atom stereocenters. The van der Waals surface area contributed by atoms with E-state index in [0.717, 1.165) is 50.8 Å². The molecule has 100 valence electrons. The highest BCUT2D eigenvalue weighted by atomic mass is 35.5. The van der Waals surface area contributed by atoms with Gasteiger partial charge in [0.05, 0.1) is 13.2 Å². The van der Waals surface area contributed by atoms with Gasteiger partial charge in [-0.1, -0.05) is 11.6 Å². The maximum atomic E-state index is 8.89. The Morgan fingerprint density at radius 1 is 1.22 bits per heavy atom. The number of β-amino-alcohol motifs (C(OH)–C–C–N with tert-alkyl or cyclic N) is 1. The van der Waals surface area contributed by atoms with Gasteiger partial charge >= 0.3 is 0 Å². The van der Waals surface area contributed by atoms with Gasteiger partial charge in [0, 0.05) is 38.4 Å². The van der Waals surface area contributed by atoms with Crippen LogP contribution in [0.2, 0.25) is 5.15 Å². The van der Waals surface area contributed by atoms with Crippen molar-refractivity contribution in [2.45, 2.75) is 13.5 Å². The smallest absolute Gasteiger partial charge is 0.144 e. The van der Waals surface area contributed by atoms with Crippen LogP contribution in [0, 0.1) is 6.92 Å². The SMILES string of the molecule is Cc1cc(Cl)nc(CN2CCN(CCO)CC2)n1. The van der Waals surface area contributed by atoms with E-state index in [1.165, 1.54) is 0 Å². The monoisotopic (exact) mass is 270 g/mol. The lowest BCUT2D eigenvalue weighted by molar-refractivity contribution is 0.107. The molecular formula is C12H19ClN4O. The van der Waals surface area contributed by atoms with Gasteiger partial charge in [-0.3, -0.25) is 9.80 Å². The standard InChI is InChI=1S/C12H19ClN4O/c1-10-8-11(13)15-12(14-10)9-17-4-2-16(3-5-17)6-7-18/h8,18H,2-7,9H2,1H3. The molecule has 1 aliphatic rings. The van der Waals surface area contributed by atoms with Gasteiger partial charge < -0.3 is 5.11 Å².